The van der Waals surface area contributed by atoms with Crippen LogP contribution >= 0.6 is 0 Å². The molecule has 0 aromatic carbocycles. The normalized spacial score (nSPS) is 12.5. The highest BCUT2D eigenvalue weighted by atomic mass is 16.6. The zero-order valence-electron chi connectivity index (χ0n) is 7.91. The van der Waals surface area contributed by atoms with E-state index in [2.05, 4.69) is 16.1 Å². The number of aliphatic hydroxyl groups is 1. The van der Waals surface area contributed by atoms with Gasteiger partial charge in [-0.15, -0.1) is 0 Å². The van der Waals surface area contributed by atoms with Crippen LogP contribution < -0.4 is 0 Å². The van der Waals surface area contributed by atoms with Gasteiger partial charge in [-0.2, -0.15) is 0 Å². The summed E-state index contributed by atoms with van der Waals surface area (Å²) in [6.07, 6.45) is 0.485. The number of aliphatic hydroxyl groups excluding tert-OH is 1. The van der Waals surface area contributed by atoms with Crippen molar-refractivity contribution in [2.75, 3.05) is 26.4 Å². The Kier molecular flexibility index (Phi) is 7.24. The predicted octanol–water partition coefficient (Wildman–Crippen LogP) is 0.505. The Hall–Kier alpha value is -0.870. The summed E-state index contributed by atoms with van der Waals surface area (Å²) in [5.41, 5.74) is 0.387. The fourth-order valence-corrected chi connectivity index (χ4v) is 0.353. The number of hydrogen-bond acceptors (Lipinski definition) is 4. The zero-order chi connectivity index (χ0) is 10.1. The number of carbonyl (C=O) groups is 1. The van der Waals surface area contributed by atoms with E-state index in [1.807, 2.05) is 0 Å². The average molecular weight is 188 g/mol. The molecule has 1 saturated heterocycles. The monoisotopic (exact) mass is 188 g/mol. The molecule has 1 heterocycles. The maximum absolute atomic E-state index is 10.6. The van der Waals surface area contributed by atoms with Gasteiger partial charge >= 0.3 is 5.97 Å². The zero-order valence-corrected chi connectivity index (χ0v) is 7.91. The highest BCUT2D eigenvalue weighted by Crippen LogP contribution is 1.92. The van der Waals surface area contributed by atoms with Crippen LogP contribution in [0.4, 0.5) is 0 Å². The molecule has 0 atom stereocenters. The fourth-order valence-electron chi connectivity index (χ4n) is 0.353. The molecule has 0 radical (unpaired) electrons. The lowest BCUT2D eigenvalue weighted by molar-refractivity contribution is -0.139. The molecule has 0 bridgehead atoms. The number of rotatable bonds is 4. The van der Waals surface area contributed by atoms with E-state index in [1.54, 1.807) is 6.92 Å². The van der Waals surface area contributed by atoms with Crippen molar-refractivity contribution in [1.82, 2.24) is 0 Å². The first-order valence-electron chi connectivity index (χ1n) is 4.19. The van der Waals surface area contributed by atoms with Crippen LogP contribution in [-0.2, 0) is 14.3 Å². The number of hydrogen-bond donors (Lipinski definition) is 1. The second kappa shape index (κ2) is 7.76. The van der Waals surface area contributed by atoms with Gasteiger partial charge in [0.2, 0.25) is 0 Å². The van der Waals surface area contributed by atoms with Crippen molar-refractivity contribution in [3.8, 4) is 0 Å². The highest BCUT2D eigenvalue weighted by molar-refractivity contribution is 5.86. The summed E-state index contributed by atoms with van der Waals surface area (Å²) in [4.78, 5) is 10.6. The van der Waals surface area contributed by atoms with Crippen LogP contribution in [0.1, 0.15) is 13.3 Å². The van der Waals surface area contributed by atoms with Crippen molar-refractivity contribution in [1.29, 1.82) is 0 Å². The summed E-state index contributed by atoms with van der Waals surface area (Å²) < 4.78 is 9.15. The van der Waals surface area contributed by atoms with Crippen LogP contribution in [-0.4, -0.2) is 37.5 Å². The molecule has 76 valence electrons. The molecule has 1 fully saturated rings. The second-order valence-electron chi connectivity index (χ2n) is 2.61. The predicted molar refractivity (Wildman–Crippen MR) is 48.3 cm³/mol. The van der Waals surface area contributed by atoms with Crippen LogP contribution in [0.15, 0.2) is 12.2 Å². The number of carbonyl (C=O) groups excluding carboxylic acids is 1. The molecule has 1 rings (SSSR count). The lowest BCUT2D eigenvalue weighted by atomic mass is 10.4. The summed E-state index contributed by atoms with van der Waals surface area (Å²) in [5, 5.41) is 8.30. The Morgan fingerprint density at radius 2 is 2.15 bits per heavy atom. The maximum Gasteiger partial charge on any atom is 0.333 e. The van der Waals surface area contributed by atoms with Gasteiger partial charge in [-0.25, -0.2) is 4.79 Å². The summed E-state index contributed by atoms with van der Waals surface area (Å²) in [6.45, 7) is 7.29. The highest BCUT2D eigenvalue weighted by Gasteiger charge is 2.00. The molecule has 0 aromatic heterocycles. The SMILES string of the molecule is C1CO1.C=C(C)C(=O)OCCCO. The first-order chi connectivity index (χ1) is 6.18. The van der Waals surface area contributed by atoms with E-state index in [9.17, 15) is 4.79 Å². The van der Waals surface area contributed by atoms with Crippen molar-refractivity contribution < 1.29 is 19.4 Å². The molecular weight excluding hydrogens is 172 g/mol. The van der Waals surface area contributed by atoms with E-state index in [0.29, 0.717) is 12.0 Å². The number of ether oxygens (including phenoxy) is 2. The second-order valence-corrected chi connectivity index (χ2v) is 2.61. The standard InChI is InChI=1S/C7H12O3.C2H4O/c1-6(2)7(9)10-5-3-4-8;1-2-3-1/h8H,1,3-5H2,2H3;1-2H2. The third-order valence-electron chi connectivity index (χ3n) is 1.09. The molecule has 0 aliphatic carbocycles. The van der Waals surface area contributed by atoms with Crippen LogP contribution in [0.3, 0.4) is 0 Å². The van der Waals surface area contributed by atoms with Crippen LogP contribution in [0.25, 0.3) is 0 Å². The molecule has 4 heteroatoms. The molecule has 1 N–H and O–H groups in total. The smallest absolute Gasteiger partial charge is 0.333 e. The summed E-state index contributed by atoms with van der Waals surface area (Å²) in [5.74, 6) is -0.395. The van der Waals surface area contributed by atoms with E-state index >= 15 is 0 Å². The largest absolute Gasteiger partial charge is 0.462 e. The van der Waals surface area contributed by atoms with Gasteiger partial charge in [0.05, 0.1) is 19.8 Å². The molecule has 13 heavy (non-hydrogen) atoms. The molecule has 0 saturated carbocycles. The summed E-state index contributed by atoms with van der Waals surface area (Å²) in [7, 11) is 0. The van der Waals surface area contributed by atoms with Crippen LogP contribution in [0, 0.1) is 0 Å². The third kappa shape index (κ3) is 11.1. The van der Waals surface area contributed by atoms with E-state index in [0.717, 1.165) is 13.2 Å². The lowest BCUT2D eigenvalue weighted by Gasteiger charge is -2.00. The summed E-state index contributed by atoms with van der Waals surface area (Å²) >= 11 is 0. The minimum atomic E-state index is -0.395. The van der Waals surface area contributed by atoms with Crippen molar-refractivity contribution in [2.24, 2.45) is 0 Å². The van der Waals surface area contributed by atoms with Gasteiger partial charge in [0.1, 0.15) is 0 Å². The molecule has 1 aliphatic rings. The van der Waals surface area contributed by atoms with Crippen molar-refractivity contribution in [3.63, 3.8) is 0 Å². The fraction of sp³-hybridized carbons (Fsp3) is 0.667. The molecule has 0 unspecified atom stereocenters. The van der Waals surface area contributed by atoms with Gasteiger partial charge in [-0.1, -0.05) is 6.58 Å². The van der Waals surface area contributed by atoms with Gasteiger partial charge < -0.3 is 14.6 Å². The van der Waals surface area contributed by atoms with Crippen molar-refractivity contribution >= 4 is 5.97 Å². The van der Waals surface area contributed by atoms with Crippen molar-refractivity contribution in [3.05, 3.63) is 12.2 Å². The maximum atomic E-state index is 10.6. The molecular formula is C9H16O4. The van der Waals surface area contributed by atoms with Crippen LogP contribution in [0.2, 0.25) is 0 Å². The molecule has 0 aromatic rings. The Labute approximate surface area is 78.2 Å². The topological polar surface area (TPSA) is 59.1 Å². The van der Waals surface area contributed by atoms with Crippen LogP contribution in [0.5, 0.6) is 0 Å². The van der Waals surface area contributed by atoms with E-state index in [1.165, 1.54) is 0 Å². The Morgan fingerprint density at radius 1 is 1.62 bits per heavy atom. The lowest BCUT2D eigenvalue weighted by Crippen LogP contribution is -2.06. The minimum absolute atomic E-state index is 0.0451. The Balaban J connectivity index is 0.000000396. The Bertz CT molecular complexity index is 160. The van der Waals surface area contributed by atoms with Gasteiger partial charge in [-0.3, -0.25) is 0 Å². The van der Waals surface area contributed by atoms with Gasteiger partial charge in [-0.05, 0) is 6.92 Å². The molecule has 4 nitrogen and oxygen atoms in total. The van der Waals surface area contributed by atoms with Crippen molar-refractivity contribution in [2.45, 2.75) is 13.3 Å². The molecule has 0 spiro atoms. The van der Waals surface area contributed by atoms with Gasteiger partial charge in [0, 0.05) is 18.6 Å². The quantitative estimate of drug-likeness (QED) is 0.302. The van der Waals surface area contributed by atoms with E-state index in [-0.39, 0.29) is 13.2 Å². The molecule has 0 amide bonds. The number of epoxide rings is 1. The van der Waals surface area contributed by atoms with E-state index < -0.39 is 5.97 Å². The third-order valence-corrected chi connectivity index (χ3v) is 1.09. The average Bonchev–Trinajstić information content (AvgIpc) is 2.90. The summed E-state index contributed by atoms with van der Waals surface area (Å²) in [6, 6.07) is 0. The Morgan fingerprint density at radius 3 is 2.46 bits per heavy atom. The van der Waals surface area contributed by atoms with E-state index in [4.69, 9.17) is 5.11 Å². The first kappa shape index (κ1) is 12.1. The number of esters is 1. The molecule has 1 aliphatic heterocycles. The minimum Gasteiger partial charge on any atom is -0.462 e. The van der Waals surface area contributed by atoms with Gasteiger partial charge in [0.15, 0.2) is 0 Å². The van der Waals surface area contributed by atoms with Gasteiger partial charge in [0.25, 0.3) is 0 Å². The first-order valence-corrected chi connectivity index (χ1v) is 4.19.